The molecule has 0 spiro atoms. The molecule has 0 aliphatic rings. The van der Waals surface area contributed by atoms with Crippen LogP contribution in [0.2, 0.25) is 0 Å². The van der Waals surface area contributed by atoms with Gasteiger partial charge in [0.25, 0.3) is 0 Å². The minimum atomic E-state index is -1.44. The standard InChI is InChI=1S/C10H17BN2O2/c1-12(2)8-5-6-10(13(3)4)9(7-8)11(14)15/h5-7,14-15H,1-4H3. The second-order valence-corrected chi connectivity index (χ2v) is 3.91. The van der Waals surface area contributed by atoms with Crippen molar-refractivity contribution < 1.29 is 10.0 Å². The highest BCUT2D eigenvalue weighted by Crippen LogP contribution is 2.16. The smallest absolute Gasteiger partial charge is 0.423 e. The Balaban J connectivity index is 3.21. The van der Waals surface area contributed by atoms with E-state index in [0.717, 1.165) is 11.4 Å². The molecule has 0 amide bonds. The molecule has 0 bridgehead atoms. The summed E-state index contributed by atoms with van der Waals surface area (Å²) in [6, 6.07) is 5.60. The zero-order valence-corrected chi connectivity index (χ0v) is 9.60. The maximum atomic E-state index is 9.27. The average Bonchev–Trinajstić information content (AvgIpc) is 2.16. The number of anilines is 2. The highest BCUT2D eigenvalue weighted by molar-refractivity contribution is 6.60. The van der Waals surface area contributed by atoms with Crippen molar-refractivity contribution in [1.29, 1.82) is 0 Å². The van der Waals surface area contributed by atoms with Gasteiger partial charge < -0.3 is 19.8 Å². The predicted molar refractivity (Wildman–Crippen MR) is 64.9 cm³/mol. The topological polar surface area (TPSA) is 46.9 Å². The lowest BCUT2D eigenvalue weighted by atomic mass is 9.78. The Bertz CT molecular complexity index is 340. The van der Waals surface area contributed by atoms with Crippen molar-refractivity contribution in [2.75, 3.05) is 38.0 Å². The van der Waals surface area contributed by atoms with Gasteiger partial charge in [0.2, 0.25) is 0 Å². The van der Waals surface area contributed by atoms with Gasteiger partial charge in [-0.3, -0.25) is 0 Å². The van der Waals surface area contributed by atoms with Crippen LogP contribution in [-0.2, 0) is 0 Å². The van der Waals surface area contributed by atoms with E-state index in [0.29, 0.717) is 5.46 Å². The SMILES string of the molecule is CN(C)c1ccc(N(C)C)c(B(O)O)c1. The first-order valence-electron chi connectivity index (χ1n) is 4.78. The fourth-order valence-corrected chi connectivity index (χ4v) is 1.43. The van der Waals surface area contributed by atoms with Crippen molar-refractivity contribution >= 4 is 24.0 Å². The minimum absolute atomic E-state index is 0.520. The summed E-state index contributed by atoms with van der Waals surface area (Å²) in [6.07, 6.45) is 0. The van der Waals surface area contributed by atoms with E-state index in [1.165, 1.54) is 0 Å². The van der Waals surface area contributed by atoms with Gasteiger partial charge in [0, 0.05) is 45.0 Å². The van der Waals surface area contributed by atoms with Gasteiger partial charge >= 0.3 is 7.12 Å². The number of nitrogens with zero attached hydrogens (tertiary/aromatic N) is 2. The molecule has 0 atom stereocenters. The second-order valence-electron chi connectivity index (χ2n) is 3.91. The van der Waals surface area contributed by atoms with Gasteiger partial charge in [-0.25, -0.2) is 0 Å². The first-order valence-corrected chi connectivity index (χ1v) is 4.78. The molecule has 4 nitrogen and oxygen atoms in total. The summed E-state index contributed by atoms with van der Waals surface area (Å²) in [4.78, 5) is 3.78. The number of hydrogen-bond donors (Lipinski definition) is 2. The van der Waals surface area contributed by atoms with Gasteiger partial charge in [-0.15, -0.1) is 0 Å². The van der Waals surface area contributed by atoms with Crippen LogP contribution in [0.15, 0.2) is 18.2 Å². The molecular formula is C10H17BN2O2. The van der Waals surface area contributed by atoms with Crippen molar-refractivity contribution in [3.63, 3.8) is 0 Å². The van der Waals surface area contributed by atoms with Gasteiger partial charge in [-0.05, 0) is 18.2 Å². The molecular weight excluding hydrogens is 191 g/mol. The fraction of sp³-hybridized carbons (Fsp3) is 0.400. The lowest BCUT2D eigenvalue weighted by molar-refractivity contribution is 0.426. The monoisotopic (exact) mass is 208 g/mol. The molecule has 0 saturated heterocycles. The van der Waals surface area contributed by atoms with Gasteiger partial charge in [-0.2, -0.15) is 0 Å². The summed E-state index contributed by atoms with van der Waals surface area (Å²) < 4.78 is 0. The molecule has 5 heteroatoms. The zero-order valence-electron chi connectivity index (χ0n) is 9.60. The highest BCUT2D eigenvalue weighted by atomic mass is 16.4. The minimum Gasteiger partial charge on any atom is -0.423 e. The second kappa shape index (κ2) is 4.55. The molecule has 15 heavy (non-hydrogen) atoms. The molecule has 1 aromatic carbocycles. The Hall–Kier alpha value is -1.20. The van der Waals surface area contributed by atoms with E-state index in [1.54, 1.807) is 6.07 Å². The molecule has 82 valence electrons. The first-order chi connectivity index (χ1) is 6.93. The van der Waals surface area contributed by atoms with E-state index < -0.39 is 7.12 Å². The van der Waals surface area contributed by atoms with E-state index in [9.17, 15) is 10.0 Å². The largest absolute Gasteiger partial charge is 0.490 e. The molecule has 0 unspecified atom stereocenters. The molecule has 1 aromatic rings. The molecule has 0 aromatic heterocycles. The summed E-state index contributed by atoms with van der Waals surface area (Å²) >= 11 is 0. The summed E-state index contributed by atoms with van der Waals surface area (Å²) in [5.74, 6) is 0. The maximum Gasteiger partial charge on any atom is 0.490 e. The van der Waals surface area contributed by atoms with Gasteiger partial charge in [0.05, 0.1) is 0 Å². The van der Waals surface area contributed by atoms with Crippen LogP contribution in [0.3, 0.4) is 0 Å². The fourth-order valence-electron chi connectivity index (χ4n) is 1.43. The number of benzene rings is 1. The van der Waals surface area contributed by atoms with Crippen molar-refractivity contribution in [3.8, 4) is 0 Å². The predicted octanol–water partition coefficient (Wildman–Crippen LogP) is -0.502. The van der Waals surface area contributed by atoms with Gasteiger partial charge in [-0.1, -0.05) is 0 Å². The van der Waals surface area contributed by atoms with E-state index in [2.05, 4.69) is 0 Å². The lowest BCUT2D eigenvalue weighted by Gasteiger charge is -2.20. The number of hydrogen-bond acceptors (Lipinski definition) is 4. The third-order valence-electron chi connectivity index (χ3n) is 2.29. The molecule has 1 rings (SSSR count). The van der Waals surface area contributed by atoms with Crippen LogP contribution in [0.1, 0.15) is 0 Å². The highest BCUT2D eigenvalue weighted by Gasteiger charge is 2.18. The molecule has 0 heterocycles. The van der Waals surface area contributed by atoms with Crippen LogP contribution in [-0.4, -0.2) is 45.4 Å². The van der Waals surface area contributed by atoms with Crippen molar-refractivity contribution in [1.82, 2.24) is 0 Å². The van der Waals surface area contributed by atoms with Gasteiger partial charge in [0.15, 0.2) is 0 Å². The van der Waals surface area contributed by atoms with Crippen molar-refractivity contribution in [2.45, 2.75) is 0 Å². The van der Waals surface area contributed by atoms with Crippen LogP contribution in [0.4, 0.5) is 11.4 Å². The Morgan fingerprint density at radius 3 is 2.00 bits per heavy atom. The first kappa shape index (κ1) is 11.9. The Labute approximate surface area is 90.9 Å². The van der Waals surface area contributed by atoms with Crippen LogP contribution < -0.4 is 15.3 Å². The Morgan fingerprint density at radius 1 is 1.00 bits per heavy atom. The Kier molecular flexibility index (Phi) is 3.60. The molecule has 2 N–H and O–H groups in total. The number of rotatable bonds is 3. The third-order valence-corrected chi connectivity index (χ3v) is 2.29. The van der Waals surface area contributed by atoms with Crippen LogP contribution >= 0.6 is 0 Å². The van der Waals surface area contributed by atoms with Crippen molar-refractivity contribution in [3.05, 3.63) is 18.2 Å². The lowest BCUT2D eigenvalue weighted by Crippen LogP contribution is -2.35. The van der Waals surface area contributed by atoms with E-state index in [-0.39, 0.29) is 0 Å². The summed E-state index contributed by atoms with van der Waals surface area (Å²) in [5.41, 5.74) is 2.28. The Morgan fingerprint density at radius 2 is 1.60 bits per heavy atom. The zero-order chi connectivity index (χ0) is 11.6. The van der Waals surface area contributed by atoms with E-state index >= 15 is 0 Å². The van der Waals surface area contributed by atoms with Gasteiger partial charge in [0.1, 0.15) is 0 Å². The van der Waals surface area contributed by atoms with Crippen LogP contribution in [0.5, 0.6) is 0 Å². The normalized spacial score (nSPS) is 10.0. The van der Waals surface area contributed by atoms with Crippen LogP contribution in [0, 0.1) is 0 Å². The van der Waals surface area contributed by atoms with Crippen molar-refractivity contribution in [2.24, 2.45) is 0 Å². The molecule has 0 aliphatic carbocycles. The maximum absolute atomic E-state index is 9.27. The summed E-state index contributed by atoms with van der Waals surface area (Å²) in [5, 5.41) is 18.5. The van der Waals surface area contributed by atoms with E-state index in [1.807, 2.05) is 50.1 Å². The molecule has 0 radical (unpaired) electrons. The summed E-state index contributed by atoms with van der Waals surface area (Å²) in [7, 11) is 6.13. The molecule has 0 saturated carbocycles. The molecule has 0 fully saturated rings. The quantitative estimate of drug-likeness (QED) is 0.657. The average molecular weight is 208 g/mol. The molecule has 0 aliphatic heterocycles. The summed E-state index contributed by atoms with van der Waals surface area (Å²) in [6.45, 7) is 0. The van der Waals surface area contributed by atoms with E-state index in [4.69, 9.17) is 0 Å². The van der Waals surface area contributed by atoms with Crippen LogP contribution in [0.25, 0.3) is 0 Å². The third kappa shape index (κ3) is 2.64.